The number of carbonyl (C=O) groups is 2. The normalized spacial score (nSPS) is 16.4. The summed E-state index contributed by atoms with van der Waals surface area (Å²) in [7, 11) is 5.27. The van der Waals surface area contributed by atoms with Crippen molar-refractivity contribution in [3.8, 4) is 17.2 Å². The standard InChI is InChI=1S/C27H30N4O5.2ClH/c1-28-27(33)35-20-5-7-24-22(16-20)26(32)25(36-24)14-18-17-31(13-12-30-10-8-29(2)9-11-30)23-6-4-19(34-3)15-21(18)23;;/h4-7,14-17H,8-13H2,1-3H3,(H,28,33);2*1H/b25-14-;;. The van der Waals surface area contributed by atoms with Gasteiger partial charge in [0.05, 0.1) is 12.7 Å². The van der Waals surface area contributed by atoms with Crippen LogP contribution in [0.2, 0.25) is 0 Å². The zero-order valence-electron chi connectivity index (χ0n) is 21.6. The minimum absolute atomic E-state index is 0. The van der Waals surface area contributed by atoms with E-state index >= 15 is 0 Å². The molecule has 204 valence electrons. The molecule has 0 atom stereocenters. The number of carbonyl (C=O) groups excluding carboxylic acids is 2. The summed E-state index contributed by atoms with van der Waals surface area (Å²) in [6.45, 7) is 6.08. The van der Waals surface area contributed by atoms with E-state index in [2.05, 4.69) is 39.0 Å². The number of nitrogens with zero attached hydrogens (tertiary/aromatic N) is 3. The Kier molecular flexibility index (Phi) is 9.67. The first kappa shape index (κ1) is 29.3. The fourth-order valence-electron chi connectivity index (χ4n) is 4.58. The summed E-state index contributed by atoms with van der Waals surface area (Å²) in [4.78, 5) is 29.5. The molecule has 38 heavy (non-hydrogen) atoms. The number of hydrogen-bond donors (Lipinski definition) is 1. The van der Waals surface area contributed by atoms with Gasteiger partial charge in [-0.3, -0.25) is 9.69 Å². The molecule has 1 N–H and O–H groups in total. The highest BCUT2D eigenvalue weighted by Gasteiger charge is 2.28. The second kappa shape index (κ2) is 12.5. The maximum Gasteiger partial charge on any atom is 0.412 e. The van der Waals surface area contributed by atoms with Crippen LogP contribution in [0.25, 0.3) is 17.0 Å². The first-order valence-corrected chi connectivity index (χ1v) is 12.0. The third-order valence-corrected chi connectivity index (χ3v) is 6.71. The second-order valence-corrected chi connectivity index (χ2v) is 9.04. The molecule has 11 heteroatoms. The molecule has 2 aliphatic rings. The fraction of sp³-hybridized carbons (Fsp3) is 0.333. The first-order chi connectivity index (χ1) is 17.4. The van der Waals surface area contributed by atoms with Crippen molar-refractivity contribution >= 4 is 53.7 Å². The Balaban J connectivity index is 0.00000200. The molecule has 0 aliphatic carbocycles. The number of hydrogen-bond acceptors (Lipinski definition) is 7. The Morgan fingerprint density at radius 3 is 2.50 bits per heavy atom. The van der Waals surface area contributed by atoms with Crippen LogP contribution in [0.1, 0.15) is 15.9 Å². The van der Waals surface area contributed by atoms with Gasteiger partial charge in [0.2, 0.25) is 5.78 Å². The summed E-state index contributed by atoms with van der Waals surface area (Å²) in [6.07, 6.45) is 3.23. The van der Waals surface area contributed by atoms with Crippen LogP contribution in [0.4, 0.5) is 4.79 Å². The molecule has 2 aliphatic heterocycles. The molecule has 5 rings (SSSR count). The third-order valence-electron chi connectivity index (χ3n) is 6.71. The Hall–Kier alpha value is -3.24. The van der Waals surface area contributed by atoms with E-state index in [4.69, 9.17) is 14.2 Å². The zero-order chi connectivity index (χ0) is 25.2. The number of ketones is 1. The lowest BCUT2D eigenvalue weighted by Gasteiger charge is -2.32. The first-order valence-electron chi connectivity index (χ1n) is 12.0. The number of fused-ring (bicyclic) bond motifs is 2. The summed E-state index contributed by atoms with van der Waals surface area (Å²) >= 11 is 0. The minimum Gasteiger partial charge on any atom is -0.497 e. The number of allylic oxidation sites excluding steroid dienone is 1. The highest BCUT2D eigenvalue weighted by molar-refractivity contribution is 6.15. The van der Waals surface area contributed by atoms with Crippen molar-refractivity contribution in [2.75, 3.05) is 53.9 Å². The fourth-order valence-corrected chi connectivity index (χ4v) is 4.58. The van der Waals surface area contributed by atoms with Crippen molar-refractivity contribution in [2.45, 2.75) is 6.54 Å². The molecule has 3 aromatic rings. The summed E-state index contributed by atoms with van der Waals surface area (Å²) in [5.74, 6) is 1.43. The second-order valence-electron chi connectivity index (χ2n) is 9.04. The maximum atomic E-state index is 13.1. The number of piperazine rings is 1. The molecule has 2 aromatic carbocycles. The van der Waals surface area contributed by atoms with E-state index < -0.39 is 6.09 Å². The molecule has 3 heterocycles. The van der Waals surface area contributed by atoms with Crippen molar-refractivity contribution in [2.24, 2.45) is 0 Å². The van der Waals surface area contributed by atoms with Gasteiger partial charge in [0.15, 0.2) is 5.76 Å². The molecule has 0 bridgehead atoms. The molecule has 9 nitrogen and oxygen atoms in total. The predicted octanol–water partition coefficient (Wildman–Crippen LogP) is 4.08. The van der Waals surface area contributed by atoms with Crippen LogP contribution in [-0.2, 0) is 6.54 Å². The Bertz CT molecular complexity index is 1350. The topological polar surface area (TPSA) is 85.3 Å². The van der Waals surface area contributed by atoms with Gasteiger partial charge >= 0.3 is 6.09 Å². The quantitative estimate of drug-likeness (QED) is 0.453. The molecule has 0 radical (unpaired) electrons. The lowest BCUT2D eigenvalue weighted by Crippen LogP contribution is -2.45. The number of benzene rings is 2. The Labute approximate surface area is 234 Å². The number of ether oxygens (including phenoxy) is 3. The molecule has 0 spiro atoms. The summed E-state index contributed by atoms with van der Waals surface area (Å²) in [5, 5.41) is 3.37. The van der Waals surface area contributed by atoms with Gasteiger partial charge < -0.3 is 29.0 Å². The Morgan fingerprint density at radius 1 is 1.05 bits per heavy atom. The molecule has 1 saturated heterocycles. The molecule has 0 saturated carbocycles. The SMILES string of the molecule is CNC(=O)Oc1ccc2c(c1)C(=O)/C(=C/c1cn(CCN3CCN(C)CC3)c3ccc(OC)cc13)O2.Cl.Cl. The molecule has 1 aromatic heterocycles. The number of likely N-dealkylation sites (N-methyl/N-ethyl adjacent to an activating group) is 1. The minimum atomic E-state index is -0.601. The Morgan fingerprint density at radius 2 is 1.79 bits per heavy atom. The van der Waals surface area contributed by atoms with E-state index in [1.807, 2.05) is 12.1 Å². The number of methoxy groups -OCH3 is 1. The summed E-state index contributed by atoms with van der Waals surface area (Å²) in [5.41, 5.74) is 2.31. The molecular formula is C27H32Cl2N4O5. The van der Waals surface area contributed by atoms with Gasteiger partial charge in [-0.05, 0) is 49.5 Å². The summed E-state index contributed by atoms with van der Waals surface area (Å²) < 4.78 is 18.7. The summed E-state index contributed by atoms with van der Waals surface area (Å²) in [6, 6.07) is 10.7. The van der Waals surface area contributed by atoms with Gasteiger partial charge in [0, 0.05) is 69.0 Å². The largest absolute Gasteiger partial charge is 0.497 e. The highest BCUT2D eigenvalue weighted by atomic mass is 35.5. The number of rotatable bonds is 6. The number of amides is 1. The zero-order valence-corrected chi connectivity index (χ0v) is 23.2. The molecule has 1 amide bonds. The smallest absolute Gasteiger partial charge is 0.412 e. The van der Waals surface area contributed by atoms with Crippen LogP contribution in [0.3, 0.4) is 0 Å². The van der Waals surface area contributed by atoms with Gasteiger partial charge in [0.25, 0.3) is 0 Å². The van der Waals surface area contributed by atoms with Gasteiger partial charge in [-0.2, -0.15) is 0 Å². The lowest BCUT2D eigenvalue weighted by molar-refractivity contribution is 0.101. The molecule has 1 fully saturated rings. The van der Waals surface area contributed by atoms with E-state index in [-0.39, 0.29) is 42.1 Å². The van der Waals surface area contributed by atoms with Gasteiger partial charge in [-0.25, -0.2) is 4.79 Å². The molecule has 0 unspecified atom stereocenters. The average molecular weight is 563 g/mol. The number of Topliss-reactive ketones (excluding diaryl/α,β-unsaturated/α-hetero) is 1. The van der Waals surface area contributed by atoms with Crippen molar-refractivity contribution in [1.82, 2.24) is 19.7 Å². The van der Waals surface area contributed by atoms with Gasteiger partial charge in [-0.1, -0.05) is 0 Å². The average Bonchev–Trinajstić information content (AvgIpc) is 3.40. The van der Waals surface area contributed by atoms with Crippen LogP contribution >= 0.6 is 24.8 Å². The highest BCUT2D eigenvalue weighted by Crippen LogP contribution is 2.36. The monoisotopic (exact) mass is 562 g/mol. The van der Waals surface area contributed by atoms with Crippen LogP contribution in [0.5, 0.6) is 17.2 Å². The van der Waals surface area contributed by atoms with E-state index in [0.717, 1.165) is 61.5 Å². The van der Waals surface area contributed by atoms with Gasteiger partial charge in [-0.15, -0.1) is 24.8 Å². The number of aromatic nitrogens is 1. The van der Waals surface area contributed by atoms with E-state index in [0.29, 0.717) is 11.3 Å². The maximum absolute atomic E-state index is 13.1. The van der Waals surface area contributed by atoms with Crippen molar-refractivity contribution in [1.29, 1.82) is 0 Å². The predicted molar refractivity (Wildman–Crippen MR) is 151 cm³/mol. The van der Waals surface area contributed by atoms with Crippen LogP contribution in [-0.4, -0.2) is 80.2 Å². The van der Waals surface area contributed by atoms with E-state index in [1.54, 1.807) is 25.3 Å². The number of nitrogens with one attached hydrogen (secondary N) is 1. The van der Waals surface area contributed by atoms with Crippen LogP contribution in [0, 0.1) is 0 Å². The number of halogens is 2. The van der Waals surface area contributed by atoms with Crippen molar-refractivity contribution < 1.29 is 23.8 Å². The third kappa shape index (κ3) is 6.07. The van der Waals surface area contributed by atoms with Crippen LogP contribution in [0.15, 0.2) is 48.4 Å². The van der Waals surface area contributed by atoms with Crippen LogP contribution < -0.4 is 19.5 Å². The van der Waals surface area contributed by atoms with Crippen molar-refractivity contribution in [3.05, 3.63) is 59.5 Å². The lowest BCUT2D eigenvalue weighted by atomic mass is 10.1. The molecular weight excluding hydrogens is 531 g/mol. The van der Waals surface area contributed by atoms with Gasteiger partial charge in [0.1, 0.15) is 17.2 Å². The van der Waals surface area contributed by atoms with E-state index in [9.17, 15) is 9.59 Å². The van der Waals surface area contributed by atoms with Crippen molar-refractivity contribution in [3.63, 3.8) is 0 Å². The van der Waals surface area contributed by atoms with E-state index in [1.165, 1.54) is 13.1 Å².